The van der Waals surface area contributed by atoms with Crippen molar-refractivity contribution < 1.29 is 17.8 Å². The number of para-hydroxylation sites is 1. The average molecular weight is 353 g/mol. The molecule has 1 aliphatic rings. The number of rotatable bonds is 5. The first-order chi connectivity index (χ1) is 11.5. The first-order valence-electron chi connectivity index (χ1n) is 7.28. The number of nitrogens with one attached hydrogen (secondary N) is 2. The molecule has 1 fully saturated rings. The van der Waals surface area contributed by atoms with Gasteiger partial charge in [-0.25, -0.2) is 13.1 Å². The summed E-state index contributed by atoms with van der Waals surface area (Å²) >= 11 is 0. The summed E-state index contributed by atoms with van der Waals surface area (Å²) in [7, 11) is -4.21. The Morgan fingerprint density at radius 3 is 2.83 bits per heavy atom. The molecule has 0 bridgehead atoms. The Morgan fingerprint density at radius 2 is 2.12 bits per heavy atom. The van der Waals surface area contributed by atoms with Crippen LogP contribution < -0.4 is 10.0 Å². The number of nitrogens with zero attached hydrogens (tertiary/aromatic N) is 3. The molecular formula is C13H15N5O5S. The zero-order valence-electron chi connectivity index (χ0n) is 12.5. The predicted octanol–water partition coefficient (Wildman–Crippen LogP) is 1.25. The first kappa shape index (κ1) is 16.3. The summed E-state index contributed by atoms with van der Waals surface area (Å²) in [6.07, 6.45) is 1.83. The van der Waals surface area contributed by atoms with E-state index >= 15 is 0 Å². The predicted molar refractivity (Wildman–Crippen MR) is 83.0 cm³/mol. The molecule has 0 aliphatic carbocycles. The van der Waals surface area contributed by atoms with Crippen LogP contribution in [0.1, 0.15) is 24.7 Å². The van der Waals surface area contributed by atoms with E-state index in [9.17, 15) is 18.5 Å². The molecule has 1 aliphatic heterocycles. The Morgan fingerprint density at radius 1 is 1.33 bits per heavy atom. The van der Waals surface area contributed by atoms with E-state index in [0.29, 0.717) is 12.4 Å². The molecular weight excluding hydrogens is 338 g/mol. The Balaban J connectivity index is 1.83. The fourth-order valence-corrected chi connectivity index (χ4v) is 3.61. The maximum absolute atomic E-state index is 12.4. The maximum atomic E-state index is 12.4. The van der Waals surface area contributed by atoms with E-state index in [4.69, 9.17) is 4.42 Å². The quantitative estimate of drug-likeness (QED) is 0.604. The number of hydrogen-bond donors (Lipinski definition) is 2. The molecule has 1 aromatic heterocycles. The minimum atomic E-state index is -4.21. The maximum Gasteiger partial charge on any atom is 0.329 e. The second-order valence-electron chi connectivity index (χ2n) is 5.32. The molecule has 0 amide bonds. The lowest BCUT2D eigenvalue weighted by Crippen LogP contribution is -2.28. The van der Waals surface area contributed by atoms with Gasteiger partial charge in [0.15, 0.2) is 4.90 Å². The molecule has 1 aromatic carbocycles. The second kappa shape index (κ2) is 6.53. The van der Waals surface area contributed by atoms with Gasteiger partial charge in [-0.15, -0.1) is 5.10 Å². The number of hydrogen-bond acceptors (Lipinski definition) is 8. The highest BCUT2D eigenvalue weighted by molar-refractivity contribution is 7.92. The number of sulfonamides is 1. The molecule has 0 saturated carbocycles. The van der Waals surface area contributed by atoms with Gasteiger partial charge in [-0.1, -0.05) is 17.2 Å². The Bertz CT molecular complexity index is 844. The summed E-state index contributed by atoms with van der Waals surface area (Å²) in [5.41, 5.74) is -0.527. The van der Waals surface area contributed by atoms with Crippen molar-refractivity contribution in [3.05, 3.63) is 40.3 Å². The first-order valence-corrected chi connectivity index (χ1v) is 8.76. The SMILES string of the molecule is O=[N+]([O-])c1ccccc1S(=O)(=O)Nc1nnc(C2CCCNC2)o1. The lowest BCUT2D eigenvalue weighted by molar-refractivity contribution is -0.387. The summed E-state index contributed by atoms with van der Waals surface area (Å²) in [4.78, 5) is 9.76. The normalized spacial score (nSPS) is 18.2. The molecule has 2 heterocycles. The van der Waals surface area contributed by atoms with Gasteiger partial charge in [-0.2, -0.15) is 0 Å². The third-order valence-electron chi connectivity index (χ3n) is 3.66. The molecule has 2 N–H and O–H groups in total. The molecule has 10 nitrogen and oxygen atoms in total. The van der Waals surface area contributed by atoms with Gasteiger partial charge in [-0.05, 0) is 25.5 Å². The number of benzene rings is 1. The van der Waals surface area contributed by atoms with Crippen LogP contribution in [-0.2, 0) is 10.0 Å². The van der Waals surface area contributed by atoms with Crippen LogP contribution >= 0.6 is 0 Å². The van der Waals surface area contributed by atoms with Crippen LogP contribution in [0.2, 0.25) is 0 Å². The number of anilines is 1. The molecule has 1 unspecified atom stereocenters. The molecule has 0 radical (unpaired) electrons. The zero-order chi connectivity index (χ0) is 17.2. The highest BCUT2D eigenvalue weighted by Crippen LogP contribution is 2.27. The minimum absolute atomic E-state index is 0.0237. The Hall–Kier alpha value is -2.53. The lowest BCUT2D eigenvalue weighted by atomic mass is 10.00. The molecule has 3 rings (SSSR count). The molecule has 1 saturated heterocycles. The highest BCUT2D eigenvalue weighted by Gasteiger charge is 2.28. The summed E-state index contributed by atoms with van der Waals surface area (Å²) in [6, 6.07) is 4.73. The Labute approximate surface area is 137 Å². The van der Waals surface area contributed by atoms with Crippen molar-refractivity contribution in [2.24, 2.45) is 0 Å². The van der Waals surface area contributed by atoms with Crippen molar-refractivity contribution in [3.8, 4) is 0 Å². The van der Waals surface area contributed by atoms with Crippen molar-refractivity contribution in [1.82, 2.24) is 15.5 Å². The van der Waals surface area contributed by atoms with Crippen molar-refractivity contribution >= 4 is 21.7 Å². The zero-order valence-corrected chi connectivity index (χ0v) is 13.3. The molecule has 128 valence electrons. The van der Waals surface area contributed by atoms with Crippen molar-refractivity contribution in [2.75, 3.05) is 17.8 Å². The molecule has 0 spiro atoms. The van der Waals surface area contributed by atoms with Gasteiger partial charge in [0.05, 0.1) is 4.92 Å². The molecule has 1 atom stereocenters. The van der Waals surface area contributed by atoms with E-state index < -0.39 is 25.5 Å². The lowest BCUT2D eigenvalue weighted by Gasteiger charge is -2.18. The van der Waals surface area contributed by atoms with Crippen LogP contribution in [0, 0.1) is 10.1 Å². The monoisotopic (exact) mass is 353 g/mol. The highest BCUT2D eigenvalue weighted by atomic mass is 32.2. The van der Waals surface area contributed by atoms with E-state index in [2.05, 4.69) is 20.2 Å². The van der Waals surface area contributed by atoms with Crippen LogP contribution in [0.4, 0.5) is 11.7 Å². The molecule has 24 heavy (non-hydrogen) atoms. The van der Waals surface area contributed by atoms with Gasteiger partial charge in [0.1, 0.15) is 0 Å². The summed E-state index contributed by atoms with van der Waals surface area (Å²) in [5.74, 6) is 0.359. The van der Waals surface area contributed by atoms with E-state index in [1.165, 1.54) is 12.1 Å². The number of piperidine rings is 1. The number of aromatic nitrogens is 2. The average Bonchev–Trinajstić information content (AvgIpc) is 3.03. The van der Waals surface area contributed by atoms with Gasteiger partial charge < -0.3 is 9.73 Å². The summed E-state index contributed by atoms with van der Waals surface area (Å²) in [5, 5.41) is 21.7. The van der Waals surface area contributed by atoms with Crippen molar-refractivity contribution in [1.29, 1.82) is 0 Å². The number of nitro benzene ring substituents is 1. The fourth-order valence-electron chi connectivity index (χ4n) is 2.51. The van der Waals surface area contributed by atoms with Crippen LogP contribution in [0.5, 0.6) is 0 Å². The number of nitro groups is 1. The smallest absolute Gasteiger partial charge is 0.329 e. The van der Waals surface area contributed by atoms with Crippen LogP contribution in [0.3, 0.4) is 0 Å². The molecule has 11 heteroatoms. The standard InChI is InChI=1S/C13H15N5O5S/c19-18(20)10-5-1-2-6-11(10)24(21,22)17-13-16-15-12(23-13)9-4-3-7-14-8-9/h1-2,5-6,9,14H,3-4,7-8H2,(H,16,17). The summed E-state index contributed by atoms with van der Waals surface area (Å²) in [6.45, 7) is 1.60. The van der Waals surface area contributed by atoms with E-state index in [1.807, 2.05) is 0 Å². The van der Waals surface area contributed by atoms with E-state index in [0.717, 1.165) is 31.5 Å². The molecule has 2 aromatic rings. The third kappa shape index (κ3) is 3.36. The van der Waals surface area contributed by atoms with Crippen molar-refractivity contribution in [3.63, 3.8) is 0 Å². The van der Waals surface area contributed by atoms with E-state index in [1.54, 1.807) is 0 Å². The van der Waals surface area contributed by atoms with Gasteiger partial charge in [-0.3, -0.25) is 10.1 Å². The van der Waals surface area contributed by atoms with E-state index in [-0.39, 0.29) is 11.9 Å². The Kier molecular flexibility index (Phi) is 4.44. The van der Waals surface area contributed by atoms with Crippen LogP contribution in [0.15, 0.2) is 33.6 Å². The van der Waals surface area contributed by atoms with Gasteiger partial charge >= 0.3 is 6.01 Å². The largest absolute Gasteiger partial charge is 0.407 e. The van der Waals surface area contributed by atoms with Gasteiger partial charge in [0.25, 0.3) is 15.7 Å². The van der Waals surface area contributed by atoms with Crippen molar-refractivity contribution in [2.45, 2.75) is 23.7 Å². The van der Waals surface area contributed by atoms with Gasteiger partial charge in [0, 0.05) is 18.5 Å². The van der Waals surface area contributed by atoms with Gasteiger partial charge in [0.2, 0.25) is 5.89 Å². The minimum Gasteiger partial charge on any atom is -0.407 e. The second-order valence-corrected chi connectivity index (χ2v) is 6.97. The third-order valence-corrected chi connectivity index (χ3v) is 5.03. The fraction of sp³-hybridized carbons (Fsp3) is 0.385. The topological polar surface area (TPSA) is 140 Å². The van der Waals surface area contributed by atoms with Crippen LogP contribution in [-0.4, -0.2) is 36.6 Å². The summed E-state index contributed by atoms with van der Waals surface area (Å²) < 4.78 is 32.2. The van der Waals surface area contributed by atoms with Crippen LogP contribution in [0.25, 0.3) is 0 Å².